The van der Waals surface area contributed by atoms with Crippen molar-refractivity contribution >= 4 is 18.3 Å². The van der Waals surface area contributed by atoms with Gasteiger partial charge in [-0.1, -0.05) is 0 Å². The number of hydrogen-bond donors (Lipinski definition) is 2. The van der Waals surface area contributed by atoms with Gasteiger partial charge in [0.05, 0.1) is 5.56 Å². The molecule has 0 saturated carbocycles. The number of hydrogen-bond acceptors (Lipinski definition) is 2. The van der Waals surface area contributed by atoms with E-state index in [4.69, 9.17) is 0 Å². The summed E-state index contributed by atoms with van der Waals surface area (Å²) in [5.74, 6) is 1.90. The van der Waals surface area contributed by atoms with Crippen LogP contribution in [0.4, 0.5) is 0 Å². The molecule has 0 spiro atoms. The summed E-state index contributed by atoms with van der Waals surface area (Å²) in [4.78, 5) is 17.2. The molecule has 0 unspecified atom stereocenters. The summed E-state index contributed by atoms with van der Waals surface area (Å²) < 4.78 is 0. The lowest BCUT2D eigenvalue weighted by atomic mass is 9.79. The van der Waals surface area contributed by atoms with Crippen LogP contribution in [0.2, 0.25) is 0 Å². The molecule has 1 aromatic rings. The van der Waals surface area contributed by atoms with Gasteiger partial charge >= 0.3 is 0 Å². The monoisotopic (exact) mass is 297 g/mol. The molecular weight excluding hydrogens is 274 g/mol. The van der Waals surface area contributed by atoms with Crippen LogP contribution in [0.5, 0.6) is 0 Å². The molecule has 3 rings (SSSR count). The highest BCUT2D eigenvalue weighted by atomic mass is 35.5. The van der Waals surface area contributed by atoms with Crippen LogP contribution in [-0.4, -0.2) is 42.0 Å². The molecule has 1 aromatic heterocycles. The molecule has 5 heteroatoms. The second kappa shape index (κ2) is 7.14. The summed E-state index contributed by atoms with van der Waals surface area (Å²) in [7, 11) is 0. The van der Waals surface area contributed by atoms with Gasteiger partial charge in [-0.05, 0) is 56.7 Å². The van der Waals surface area contributed by atoms with Crippen LogP contribution < -0.4 is 5.32 Å². The van der Waals surface area contributed by atoms with E-state index in [-0.39, 0.29) is 18.3 Å². The summed E-state index contributed by atoms with van der Waals surface area (Å²) in [6.07, 6.45) is 8.60. The minimum Gasteiger partial charge on any atom is -0.367 e. The van der Waals surface area contributed by atoms with Crippen LogP contribution >= 0.6 is 12.4 Å². The van der Waals surface area contributed by atoms with E-state index in [2.05, 4.69) is 10.3 Å². The zero-order chi connectivity index (χ0) is 13.1. The average molecular weight is 298 g/mol. The molecule has 1 amide bonds. The Labute approximate surface area is 126 Å². The van der Waals surface area contributed by atoms with E-state index in [9.17, 15) is 4.79 Å². The maximum absolute atomic E-state index is 12.2. The Bertz CT molecular complexity index is 407. The summed E-state index contributed by atoms with van der Waals surface area (Å²) in [5.41, 5.74) is 0.792. The Morgan fingerprint density at radius 3 is 2.35 bits per heavy atom. The van der Waals surface area contributed by atoms with Crippen LogP contribution in [0.3, 0.4) is 0 Å². The van der Waals surface area contributed by atoms with Crippen molar-refractivity contribution in [2.45, 2.75) is 25.7 Å². The van der Waals surface area contributed by atoms with Gasteiger partial charge < -0.3 is 15.2 Å². The number of nitrogens with one attached hydrogen (secondary N) is 2. The van der Waals surface area contributed by atoms with Gasteiger partial charge in [0.25, 0.3) is 5.91 Å². The summed E-state index contributed by atoms with van der Waals surface area (Å²) in [5, 5.41) is 3.43. The van der Waals surface area contributed by atoms with Gasteiger partial charge in [0.2, 0.25) is 0 Å². The van der Waals surface area contributed by atoms with E-state index in [1.165, 1.54) is 38.8 Å². The average Bonchev–Trinajstić information content (AvgIpc) is 3.02. The molecule has 3 heterocycles. The molecule has 2 fully saturated rings. The first-order chi connectivity index (χ1) is 9.34. The number of likely N-dealkylation sites (tertiary alicyclic amines) is 1. The van der Waals surface area contributed by atoms with E-state index >= 15 is 0 Å². The Hall–Kier alpha value is -1.00. The van der Waals surface area contributed by atoms with Gasteiger partial charge in [0.1, 0.15) is 0 Å². The van der Waals surface area contributed by atoms with Gasteiger partial charge in [-0.15, -0.1) is 12.4 Å². The second-order valence-corrected chi connectivity index (χ2v) is 5.82. The number of piperidine rings is 2. The smallest absolute Gasteiger partial charge is 0.255 e. The minimum atomic E-state index is 0. The highest BCUT2D eigenvalue weighted by molar-refractivity contribution is 5.94. The first kappa shape index (κ1) is 15.4. The molecule has 0 radical (unpaired) electrons. The molecule has 4 nitrogen and oxygen atoms in total. The number of aromatic nitrogens is 1. The summed E-state index contributed by atoms with van der Waals surface area (Å²) >= 11 is 0. The van der Waals surface area contributed by atoms with Crippen LogP contribution in [-0.2, 0) is 0 Å². The van der Waals surface area contributed by atoms with Gasteiger partial charge in [-0.3, -0.25) is 4.79 Å². The predicted octanol–water partition coefficient (Wildman–Crippen LogP) is 2.29. The lowest BCUT2D eigenvalue weighted by Crippen LogP contribution is -2.41. The van der Waals surface area contributed by atoms with E-state index in [1.807, 2.05) is 17.2 Å². The van der Waals surface area contributed by atoms with Crippen molar-refractivity contribution in [3.63, 3.8) is 0 Å². The SMILES string of the molecule is Cl.O=C(c1cc[nH]c1)N1CCC(C2CCNCC2)CC1. The second-order valence-electron chi connectivity index (χ2n) is 5.82. The Balaban J connectivity index is 0.00000147. The standard InChI is InChI=1S/C15H23N3O.ClH/c19-15(14-3-8-17-11-14)18-9-4-13(5-10-18)12-1-6-16-7-2-12;/h3,8,11-13,16-17H,1-2,4-7,9-10H2;1H. The molecular formula is C15H24ClN3O. The molecule has 2 N–H and O–H groups in total. The topological polar surface area (TPSA) is 48.1 Å². The third-order valence-electron chi connectivity index (χ3n) is 4.72. The van der Waals surface area contributed by atoms with Crippen LogP contribution in [0.15, 0.2) is 18.5 Å². The third-order valence-corrected chi connectivity index (χ3v) is 4.72. The quantitative estimate of drug-likeness (QED) is 0.880. The molecule has 20 heavy (non-hydrogen) atoms. The number of nitrogens with zero attached hydrogens (tertiary/aromatic N) is 1. The molecule has 0 aromatic carbocycles. The summed E-state index contributed by atoms with van der Waals surface area (Å²) in [6, 6.07) is 1.86. The van der Waals surface area contributed by atoms with Crippen LogP contribution in [0.25, 0.3) is 0 Å². The number of aromatic amines is 1. The molecule has 2 saturated heterocycles. The van der Waals surface area contributed by atoms with E-state index in [1.54, 1.807) is 6.20 Å². The Morgan fingerprint density at radius 1 is 1.10 bits per heavy atom. The minimum absolute atomic E-state index is 0. The fourth-order valence-electron chi connectivity index (χ4n) is 3.53. The Kier molecular flexibility index (Phi) is 5.49. The van der Waals surface area contributed by atoms with E-state index in [0.717, 1.165) is 30.5 Å². The van der Waals surface area contributed by atoms with Crippen molar-refractivity contribution < 1.29 is 4.79 Å². The maximum Gasteiger partial charge on any atom is 0.255 e. The van der Waals surface area contributed by atoms with Crippen LogP contribution in [0, 0.1) is 11.8 Å². The molecule has 2 aliphatic rings. The van der Waals surface area contributed by atoms with Crippen molar-refractivity contribution in [1.82, 2.24) is 15.2 Å². The van der Waals surface area contributed by atoms with Gasteiger partial charge in [-0.2, -0.15) is 0 Å². The lowest BCUT2D eigenvalue weighted by Gasteiger charge is -2.37. The van der Waals surface area contributed by atoms with Crippen molar-refractivity contribution in [3.8, 4) is 0 Å². The van der Waals surface area contributed by atoms with Crippen molar-refractivity contribution in [2.24, 2.45) is 11.8 Å². The zero-order valence-corrected chi connectivity index (χ0v) is 12.6. The van der Waals surface area contributed by atoms with Gasteiger partial charge in [-0.25, -0.2) is 0 Å². The highest BCUT2D eigenvalue weighted by Crippen LogP contribution is 2.31. The molecule has 0 atom stereocenters. The normalized spacial score (nSPS) is 21.5. The third kappa shape index (κ3) is 3.36. The molecule has 0 aliphatic carbocycles. The number of carbonyl (C=O) groups excluding carboxylic acids is 1. The number of carbonyl (C=O) groups is 1. The zero-order valence-electron chi connectivity index (χ0n) is 11.8. The van der Waals surface area contributed by atoms with Crippen molar-refractivity contribution in [1.29, 1.82) is 0 Å². The fourth-order valence-corrected chi connectivity index (χ4v) is 3.53. The van der Waals surface area contributed by atoms with E-state index in [0.29, 0.717) is 0 Å². The molecule has 112 valence electrons. The number of H-pyrrole nitrogens is 1. The Morgan fingerprint density at radius 2 is 1.75 bits per heavy atom. The number of amides is 1. The summed E-state index contributed by atoms with van der Waals surface area (Å²) in [6.45, 7) is 4.21. The van der Waals surface area contributed by atoms with E-state index < -0.39 is 0 Å². The fraction of sp³-hybridized carbons (Fsp3) is 0.667. The first-order valence-corrected chi connectivity index (χ1v) is 7.47. The highest BCUT2D eigenvalue weighted by Gasteiger charge is 2.29. The lowest BCUT2D eigenvalue weighted by molar-refractivity contribution is 0.0642. The number of halogens is 1. The maximum atomic E-state index is 12.2. The molecule has 2 aliphatic heterocycles. The number of rotatable bonds is 2. The first-order valence-electron chi connectivity index (χ1n) is 7.47. The van der Waals surface area contributed by atoms with Crippen LogP contribution in [0.1, 0.15) is 36.0 Å². The predicted molar refractivity (Wildman–Crippen MR) is 82.3 cm³/mol. The van der Waals surface area contributed by atoms with Gasteiger partial charge in [0, 0.05) is 25.5 Å². The largest absolute Gasteiger partial charge is 0.367 e. The van der Waals surface area contributed by atoms with Gasteiger partial charge in [0.15, 0.2) is 0 Å². The molecule has 0 bridgehead atoms. The van der Waals surface area contributed by atoms with Crippen molar-refractivity contribution in [3.05, 3.63) is 24.0 Å². The van der Waals surface area contributed by atoms with Crippen molar-refractivity contribution in [2.75, 3.05) is 26.2 Å².